The molecule has 4 nitrogen and oxygen atoms in total. The fourth-order valence-electron chi connectivity index (χ4n) is 1.33. The molecule has 1 unspecified atom stereocenters. The van der Waals surface area contributed by atoms with Crippen LogP contribution in [0.5, 0.6) is 0 Å². The molecule has 0 radical (unpaired) electrons. The molecule has 0 aromatic heterocycles. The average Bonchev–Trinajstić information content (AvgIpc) is 2.30. The Hall–Kier alpha value is -1.39. The fourth-order valence-corrected chi connectivity index (χ4v) is 1.33. The molecule has 94 valence electrons. The third-order valence-electron chi connectivity index (χ3n) is 2.27. The topological polar surface area (TPSA) is 64.3 Å². The Labute approximate surface area is 102 Å². The van der Waals surface area contributed by atoms with Crippen molar-refractivity contribution in [2.75, 3.05) is 13.2 Å². The highest BCUT2D eigenvalue weighted by Crippen LogP contribution is 1.99. The van der Waals surface area contributed by atoms with Gasteiger partial charge in [-0.3, -0.25) is 4.79 Å². The maximum atomic E-state index is 11.3. The summed E-state index contributed by atoms with van der Waals surface area (Å²) in [5.41, 5.74) is 6.64. The smallest absolute Gasteiger partial charge is 0.246 e. The van der Waals surface area contributed by atoms with Gasteiger partial charge in [0.05, 0.1) is 6.61 Å². The Morgan fingerprint density at radius 2 is 2.12 bits per heavy atom. The van der Waals surface area contributed by atoms with E-state index in [9.17, 15) is 4.79 Å². The van der Waals surface area contributed by atoms with Gasteiger partial charge in [0.15, 0.2) is 0 Å². The zero-order valence-corrected chi connectivity index (χ0v) is 10.2. The van der Waals surface area contributed by atoms with E-state index < -0.39 is 0 Å². The normalized spacial score (nSPS) is 12.1. The van der Waals surface area contributed by atoms with E-state index in [2.05, 4.69) is 5.32 Å². The van der Waals surface area contributed by atoms with Crippen molar-refractivity contribution >= 4 is 5.91 Å². The van der Waals surface area contributed by atoms with E-state index in [1.54, 1.807) is 0 Å². The first-order valence-corrected chi connectivity index (χ1v) is 5.82. The average molecular weight is 236 g/mol. The van der Waals surface area contributed by atoms with Gasteiger partial charge in [-0.2, -0.15) is 0 Å². The minimum absolute atomic E-state index is 0.0911. The van der Waals surface area contributed by atoms with Crippen LogP contribution in [-0.4, -0.2) is 25.1 Å². The summed E-state index contributed by atoms with van der Waals surface area (Å²) in [6.45, 7) is 3.07. The van der Waals surface area contributed by atoms with Gasteiger partial charge in [0, 0.05) is 12.6 Å². The van der Waals surface area contributed by atoms with Crippen molar-refractivity contribution in [3.05, 3.63) is 35.9 Å². The lowest BCUT2D eigenvalue weighted by Gasteiger charge is -2.07. The molecule has 1 amide bonds. The number of carbonyl (C=O) groups excluding carboxylic acids is 1. The molecule has 0 aliphatic rings. The molecule has 0 heterocycles. The Morgan fingerprint density at radius 1 is 1.41 bits per heavy atom. The van der Waals surface area contributed by atoms with Gasteiger partial charge >= 0.3 is 0 Å². The first-order valence-electron chi connectivity index (χ1n) is 5.82. The summed E-state index contributed by atoms with van der Waals surface area (Å²) in [5, 5.41) is 2.76. The van der Waals surface area contributed by atoms with E-state index in [-0.39, 0.29) is 18.6 Å². The van der Waals surface area contributed by atoms with Crippen LogP contribution >= 0.6 is 0 Å². The summed E-state index contributed by atoms with van der Waals surface area (Å²) >= 11 is 0. The van der Waals surface area contributed by atoms with E-state index >= 15 is 0 Å². The molecule has 4 heteroatoms. The largest absolute Gasteiger partial charge is 0.367 e. The predicted molar refractivity (Wildman–Crippen MR) is 67.4 cm³/mol. The second kappa shape index (κ2) is 7.81. The summed E-state index contributed by atoms with van der Waals surface area (Å²) in [5.74, 6) is -0.0958. The minimum Gasteiger partial charge on any atom is -0.367 e. The molecule has 0 spiro atoms. The molecule has 1 aromatic carbocycles. The fraction of sp³-hybridized carbons (Fsp3) is 0.462. The number of carbonyl (C=O) groups is 1. The van der Waals surface area contributed by atoms with E-state index in [4.69, 9.17) is 10.5 Å². The number of hydrogen-bond donors (Lipinski definition) is 2. The van der Waals surface area contributed by atoms with Crippen LogP contribution in [0, 0.1) is 0 Å². The van der Waals surface area contributed by atoms with Gasteiger partial charge in [-0.05, 0) is 18.9 Å². The van der Waals surface area contributed by atoms with Gasteiger partial charge in [0.1, 0.15) is 6.61 Å². The lowest BCUT2D eigenvalue weighted by Crippen LogP contribution is -2.31. The predicted octanol–water partition coefficient (Wildman–Crippen LogP) is 1.06. The summed E-state index contributed by atoms with van der Waals surface area (Å²) in [6.07, 6.45) is 0.782. The Bertz CT molecular complexity index is 325. The summed E-state index contributed by atoms with van der Waals surface area (Å²) in [4.78, 5) is 11.3. The summed E-state index contributed by atoms with van der Waals surface area (Å²) < 4.78 is 5.30. The quantitative estimate of drug-likeness (QED) is 0.744. The number of ether oxygens (including phenoxy) is 1. The molecule has 0 saturated carbocycles. The lowest BCUT2D eigenvalue weighted by atomic mass is 10.2. The second-order valence-corrected chi connectivity index (χ2v) is 4.09. The standard InChI is InChI=1S/C13H20N2O2/c1-11(14)7-8-15-13(16)10-17-9-12-5-3-2-4-6-12/h2-6,11H,7-10,14H2,1H3,(H,15,16). The van der Waals surface area contributed by atoms with E-state index in [0.717, 1.165) is 12.0 Å². The molecule has 0 aliphatic carbocycles. The molecule has 0 bridgehead atoms. The van der Waals surface area contributed by atoms with Gasteiger partial charge in [-0.25, -0.2) is 0 Å². The van der Waals surface area contributed by atoms with Crippen molar-refractivity contribution in [1.82, 2.24) is 5.32 Å². The third kappa shape index (κ3) is 6.71. The number of nitrogens with one attached hydrogen (secondary N) is 1. The van der Waals surface area contributed by atoms with Crippen LogP contribution in [0.4, 0.5) is 0 Å². The summed E-state index contributed by atoms with van der Waals surface area (Å²) in [6, 6.07) is 9.88. The number of hydrogen-bond acceptors (Lipinski definition) is 3. The maximum absolute atomic E-state index is 11.3. The van der Waals surface area contributed by atoms with Crippen LogP contribution in [0.25, 0.3) is 0 Å². The van der Waals surface area contributed by atoms with Crippen LogP contribution in [-0.2, 0) is 16.1 Å². The first-order chi connectivity index (χ1) is 8.18. The highest BCUT2D eigenvalue weighted by atomic mass is 16.5. The molecule has 0 saturated heterocycles. The Balaban J connectivity index is 2.08. The summed E-state index contributed by atoms with van der Waals surface area (Å²) in [7, 11) is 0. The van der Waals surface area contributed by atoms with Crippen LogP contribution in [0.15, 0.2) is 30.3 Å². The van der Waals surface area contributed by atoms with Gasteiger partial charge in [-0.15, -0.1) is 0 Å². The van der Waals surface area contributed by atoms with Crippen molar-refractivity contribution in [3.8, 4) is 0 Å². The monoisotopic (exact) mass is 236 g/mol. The van der Waals surface area contributed by atoms with Crippen LogP contribution in [0.2, 0.25) is 0 Å². The van der Waals surface area contributed by atoms with E-state index in [0.29, 0.717) is 13.2 Å². The molecule has 0 aliphatic heterocycles. The van der Waals surface area contributed by atoms with Gasteiger partial charge in [0.25, 0.3) is 0 Å². The second-order valence-electron chi connectivity index (χ2n) is 4.09. The van der Waals surface area contributed by atoms with Crippen LogP contribution < -0.4 is 11.1 Å². The number of benzene rings is 1. The molecular formula is C13H20N2O2. The van der Waals surface area contributed by atoms with Crippen molar-refractivity contribution in [3.63, 3.8) is 0 Å². The number of amides is 1. The van der Waals surface area contributed by atoms with Crippen LogP contribution in [0.1, 0.15) is 18.9 Å². The Kier molecular flexibility index (Phi) is 6.29. The van der Waals surface area contributed by atoms with Crippen molar-refractivity contribution in [1.29, 1.82) is 0 Å². The highest BCUT2D eigenvalue weighted by molar-refractivity contribution is 5.77. The van der Waals surface area contributed by atoms with E-state index in [1.165, 1.54) is 0 Å². The maximum Gasteiger partial charge on any atom is 0.246 e. The molecule has 1 aromatic rings. The number of nitrogens with two attached hydrogens (primary N) is 1. The van der Waals surface area contributed by atoms with Crippen molar-refractivity contribution in [2.24, 2.45) is 5.73 Å². The van der Waals surface area contributed by atoms with Crippen molar-refractivity contribution in [2.45, 2.75) is 26.0 Å². The van der Waals surface area contributed by atoms with Gasteiger partial charge < -0.3 is 15.8 Å². The lowest BCUT2D eigenvalue weighted by molar-refractivity contribution is -0.126. The van der Waals surface area contributed by atoms with Crippen LogP contribution in [0.3, 0.4) is 0 Å². The molecule has 1 atom stereocenters. The molecule has 3 N–H and O–H groups in total. The van der Waals surface area contributed by atoms with Crippen molar-refractivity contribution < 1.29 is 9.53 Å². The minimum atomic E-state index is -0.0958. The molecule has 17 heavy (non-hydrogen) atoms. The van der Waals surface area contributed by atoms with Gasteiger partial charge in [0.2, 0.25) is 5.91 Å². The molecular weight excluding hydrogens is 216 g/mol. The zero-order chi connectivity index (χ0) is 12.5. The molecule has 1 rings (SSSR count). The molecule has 0 fully saturated rings. The first kappa shape index (κ1) is 13.7. The number of rotatable bonds is 7. The SMILES string of the molecule is CC(N)CCNC(=O)COCc1ccccc1. The van der Waals surface area contributed by atoms with E-state index in [1.807, 2.05) is 37.3 Å². The zero-order valence-electron chi connectivity index (χ0n) is 10.2. The third-order valence-corrected chi connectivity index (χ3v) is 2.27. The highest BCUT2D eigenvalue weighted by Gasteiger charge is 2.01. The van der Waals surface area contributed by atoms with Gasteiger partial charge in [-0.1, -0.05) is 30.3 Å². The Morgan fingerprint density at radius 3 is 2.76 bits per heavy atom.